The molecule has 1 amide bonds. The standard InChI is InChI=1S/C13H15NO3S/c15-12-10-3-1-2-4-11(10)13(16)9-17-6-8-18-7-5-14(12)13/h1-4,16H,5-9H2. The Hall–Kier alpha value is -1.04. The normalized spacial score (nSPS) is 28.1. The lowest BCUT2D eigenvalue weighted by atomic mass is 10.0. The Morgan fingerprint density at radius 3 is 3.06 bits per heavy atom. The molecule has 2 heterocycles. The van der Waals surface area contributed by atoms with Gasteiger partial charge in [-0.05, 0) is 6.07 Å². The van der Waals surface area contributed by atoms with Crippen LogP contribution in [0.25, 0.3) is 0 Å². The quantitative estimate of drug-likeness (QED) is 0.762. The monoisotopic (exact) mass is 265 g/mol. The van der Waals surface area contributed by atoms with Gasteiger partial charge >= 0.3 is 0 Å². The minimum Gasteiger partial charge on any atom is -0.375 e. The highest BCUT2D eigenvalue weighted by Crippen LogP contribution is 2.37. The average Bonchev–Trinajstić information content (AvgIpc) is 2.65. The molecule has 0 aromatic heterocycles. The van der Waals surface area contributed by atoms with E-state index < -0.39 is 5.72 Å². The third-order valence-corrected chi connectivity index (χ3v) is 4.34. The Kier molecular flexibility index (Phi) is 3.05. The van der Waals surface area contributed by atoms with Crippen LogP contribution < -0.4 is 0 Å². The van der Waals surface area contributed by atoms with E-state index >= 15 is 0 Å². The maximum absolute atomic E-state index is 12.3. The number of thioether (sulfide) groups is 1. The van der Waals surface area contributed by atoms with Crippen LogP contribution in [0.1, 0.15) is 15.9 Å². The third kappa shape index (κ3) is 1.74. The Balaban J connectivity index is 2.04. The van der Waals surface area contributed by atoms with Crippen LogP contribution in [0, 0.1) is 0 Å². The van der Waals surface area contributed by atoms with Crippen molar-refractivity contribution < 1.29 is 14.6 Å². The summed E-state index contributed by atoms with van der Waals surface area (Å²) in [7, 11) is 0. The van der Waals surface area contributed by atoms with Crippen molar-refractivity contribution in [2.45, 2.75) is 5.72 Å². The van der Waals surface area contributed by atoms with Crippen LogP contribution in [-0.4, -0.2) is 47.2 Å². The van der Waals surface area contributed by atoms with Crippen molar-refractivity contribution >= 4 is 17.7 Å². The Labute approximate surface area is 110 Å². The van der Waals surface area contributed by atoms with E-state index in [4.69, 9.17) is 4.74 Å². The molecule has 4 nitrogen and oxygen atoms in total. The molecule has 96 valence electrons. The van der Waals surface area contributed by atoms with Gasteiger partial charge < -0.3 is 14.7 Å². The minimum atomic E-state index is -1.29. The lowest BCUT2D eigenvalue weighted by molar-refractivity contribution is -0.129. The van der Waals surface area contributed by atoms with E-state index in [9.17, 15) is 9.90 Å². The summed E-state index contributed by atoms with van der Waals surface area (Å²) >= 11 is 1.74. The second-order valence-corrected chi connectivity index (χ2v) is 5.71. The highest BCUT2D eigenvalue weighted by atomic mass is 32.2. The number of ether oxygens (including phenoxy) is 1. The zero-order valence-corrected chi connectivity index (χ0v) is 10.8. The summed E-state index contributed by atoms with van der Waals surface area (Å²) in [5.74, 6) is 1.63. The van der Waals surface area contributed by atoms with E-state index in [1.165, 1.54) is 4.90 Å². The van der Waals surface area contributed by atoms with Crippen LogP contribution in [0.3, 0.4) is 0 Å². The number of carbonyl (C=O) groups is 1. The molecule has 0 aliphatic carbocycles. The molecule has 1 aromatic rings. The zero-order valence-electron chi connectivity index (χ0n) is 9.96. The predicted octanol–water partition coefficient (Wildman–Crippen LogP) is 1.05. The summed E-state index contributed by atoms with van der Waals surface area (Å²) < 4.78 is 5.51. The lowest BCUT2D eigenvalue weighted by Crippen LogP contribution is -2.47. The van der Waals surface area contributed by atoms with Crippen LogP contribution in [-0.2, 0) is 10.5 Å². The van der Waals surface area contributed by atoms with Gasteiger partial charge in [-0.2, -0.15) is 11.8 Å². The van der Waals surface area contributed by atoms with Crippen LogP contribution in [0.15, 0.2) is 24.3 Å². The molecule has 2 aliphatic heterocycles. The molecule has 3 rings (SSSR count). The first-order chi connectivity index (χ1) is 8.73. The fourth-order valence-corrected chi connectivity index (χ4v) is 3.26. The Morgan fingerprint density at radius 2 is 2.17 bits per heavy atom. The summed E-state index contributed by atoms with van der Waals surface area (Å²) in [6.45, 7) is 1.31. The van der Waals surface area contributed by atoms with Crippen molar-refractivity contribution in [3.8, 4) is 0 Å². The van der Waals surface area contributed by atoms with E-state index in [1.54, 1.807) is 17.8 Å². The van der Waals surface area contributed by atoms with Crippen molar-refractivity contribution in [1.29, 1.82) is 0 Å². The van der Waals surface area contributed by atoms with Crippen molar-refractivity contribution in [3.63, 3.8) is 0 Å². The lowest BCUT2D eigenvalue weighted by Gasteiger charge is -2.33. The summed E-state index contributed by atoms with van der Waals surface area (Å²) in [4.78, 5) is 13.9. The zero-order chi connectivity index (χ0) is 12.6. The molecule has 0 spiro atoms. The van der Waals surface area contributed by atoms with E-state index in [2.05, 4.69) is 0 Å². The van der Waals surface area contributed by atoms with Gasteiger partial charge in [0, 0.05) is 29.2 Å². The van der Waals surface area contributed by atoms with Crippen LogP contribution in [0.5, 0.6) is 0 Å². The van der Waals surface area contributed by atoms with Gasteiger partial charge in [0.25, 0.3) is 5.91 Å². The molecule has 1 aromatic carbocycles. The van der Waals surface area contributed by atoms with Crippen LogP contribution >= 0.6 is 11.8 Å². The maximum Gasteiger partial charge on any atom is 0.256 e. The summed E-state index contributed by atoms with van der Waals surface area (Å²) in [6, 6.07) is 7.24. The molecule has 1 fully saturated rings. The summed E-state index contributed by atoms with van der Waals surface area (Å²) in [5.41, 5.74) is -0.0328. The highest BCUT2D eigenvalue weighted by Gasteiger charge is 2.48. The molecule has 0 bridgehead atoms. The van der Waals surface area contributed by atoms with E-state index in [0.717, 1.165) is 11.5 Å². The summed E-state index contributed by atoms with van der Waals surface area (Å²) in [5, 5.41) is 10.8. The van der Waals surface area contributed by atoms with Crippen LogP contribution in [0.4, 0.5) is 0 Å². The van der Waals surface area contributed by atoms with Crippen molar-refractivity contribution in [2.24, 2.45) is 0 Å². The van der Waals surface area contributed by atoms with Crippen molar-refractivity contribution in [1.82, 2.24) is 4.90 Å². The molecule has 1 N–H and O–H groups in total. The fraction of sp³-hybridized carbons (Fsp3) is 0.462. The van der Waals surface area contributed by atoms with Gasteiger partial charge in [0.15, 0.2) is 5.72 Å². The number of carbonyl (C=O) groups excluding carboxylic acids is 1. The van der Waals surface area contributed by atoms with Gasteiger partial charge in [-0.15, -0.1) is 0 Å². The number of hydrogen-bond donors (Lipinski definition) is 1. The number of amides is 1. The number of aliphatic hydroxyl groups is 1. The van der Waals surface area contributed by atoms with Gasteiger partial charge in [-0.25, -0.2) is 0 Å². The number of benzene rings is 1. The molecule has 1 atom stereocenters. The number of hydrogen-bond acceptors (Lipinski definition) is 4. The second kappa shape index (κ2) is 4.57. The van der Waals surface area contributed by atoms with Gasteiger partial charge in [0.05, 0.1) is 13.2 Å². The smallest absolute Gasteiger partial charge is 0.256 e. The first-order valence-corrected chi connectivity index (χ1v) is 7.18. The van der Waals surface area contributed by atoms with Crippen molar-refractivity contribution in [2.75, 3.05) is 31.3 Å². The Morgan fingerprint density at radius 1 is 1.33 bits per heavy atom. The highest BCUT2D eigenvalue weighted by molar-refractivity contribution is 7.99. The largest absolute Gasteiger partial charge is 0.375 e. The first kappa shape index (κ1) is 12.0. The second-order valence-electron chi connectivity index (χ2n) is 4.48. The first-order valence-electron chi connectivity index (χ1n) is 6.03. The third-order valence-electron chi connectivity index (χ3n) is 3.42. The topological polar surface area (TPSA) is 49.8 Å². The van der Waals surface area contributed by atoms with Crippen LogP contribution in [0.2, 0.25) is 0 Å². The summed E-state index contributed by atoms with van der Waals surface area (Å²) in [6.07, 6.45) is 0. The van der Waals surface area contributed by atoms with E-state index in [-0.39, 0.29) is 12.5 Å². The number of fused-ring (bicyclic) bond motifs is 3. The molecular formula is C13H15NO3S. The van der Waals surface area contributed by atoms with E-state index in [0.29, 0.717) is 24.3 Å². The molecular weight excluding hydrogens is 250 g/mol. The molecule has 5 heteroatoms. The maximum atomic E-state index is 12.3. The Bertz CT molecular complexity index is 479. The average molecular weight is 265 g/mol. The van der Waals surface area contributed by atoms with E-state index in [1.807, 2.05) is 18.2 Å². The molecule has 2 aliphatic rings. The van der Waals surface area contributed by atoms with Gasteiger partial charge in [0.2, 0.25) is 0 Å². The van der Waals surface area contributed by atoms with Gasteiger partial charge in [0.1, 0.15) is 0 Å². The number of rotatable bonds is 0. The molecule has 1 saturated heterocycles. The molecule has 1 unspecified atom stereocenters. The van der Waals surface area contributed by atoms with Gasteiger partial charge in [-0.3, -0.25) is 4.79 Å². The number of nitrogens with zero attached hydrogens (tertiary/aromatic N) is 1. The SMILES string of the molecule is O=C1c2ccccc2C2(O)COCCSCCN12. The molecule has 0 saturated carbocycles. The minimum absolute atomic E-state index is 0.0980. The predicted molar refractivity (Wildman–Crippen MR) is 69.5 cm³/mol. The molecule has 0 radical (unpaired) electrons. The van der Waals surface area contributed by atoms with Gasteiger partial charge in [-0.1, -0.05) is 18.2 Å². The fourth-order valence-electron chi connectivity index (χ4n) is 2.51. The van der Waals surface area contributed by atoms with Crippen molar-refractivity contribution in [3.05, 3.63) is 35.4 Å². The molecule has 18 heavy (non-hydrogen) atoms.